The van der Waals surface area contributed by atoms with Gasteiger partial charge in [-0.05, 0) is 62.7 Å². The molecule has 0 spiro atoms. The van der Waals surface area contributed by atoms with Gasteiger partial charge in [0.05, 0.1) is 0 Å². The van der Waals surface area contributed by atoms with Gasteiger partial charge in [-0.3, -0.25) is 0 Å². The van der Waals surface area contributed by atoms with Gasteiger partial charge < -0.3 is 0 Å². The van der Waals surface area contributed by atoms with E-state index in [1.54, 1.807) is 25.2 Å². The number of thioether (sulfide) groups is 1. The van der Waals surface area contributed by atoms with Crippen molar-refractivity contribution >= 4 is 27.6 Å². The van der Waals surface area contributed by atoms with E-state index in [0.29, 0.717) is 15.8 Å². The lowest BCUT2D eigenvalue weighted by Gasteiger charge is -2.19. The first-order valence-corrected chi connectivity index (χ1v) is 11.5. The summed E-state index contributed by atoms with van der Waals surface area (Å²) in [6, 6.07) is 0. The molecule has 2 saturated heterocycles. The molecule has 2 unspecified atom stereocenters. The molecule has 0 bridgehead atoms. The highest BCUT2D eigenvalue weighted by atomic mass is 32.2. The molecule has 4 atom stereocenters. The highest BCUT2D eigenvalue weighted by molar-refractivity contribution is 8.00. The third-order valence-electron chi connectivity index (χ3n) is 3.96. The quantitative estimate of drug-likeness (QED) is 0.682. The number of rotatable bonds is 4. The van der Waals surface area contributed by atoms with Gasteiger partial charge in [0, 0.05) is 11.5 Å². The standard InChI is InChI=1S/C12H24P2S/c1-13-7-3-5-11(13)9-15-10-12-6-4-8-14(12)2/h11-12H,3-10H2,1-2H3/t11-,12-,13?,14?/m1/s1. The van der Waals surface area contributed by atoms with Crippen LogP contribution in [-0.2, 0) is 0 Å². The molecule has 0 amide bonds. The molecule has 15 heavy (non-hydrogen) atoms. The van der Waals surface area contributed by atoms with E-state index in [1.807, 2.05) is 0 Å². The zero-order valence-electron chi connectivity index (χ0n) is 10.1. The molecule has 2 rings (SSSR count). The third kappa shape index (κ3) is 3.58. The highest BCUT2D eigenvalue weighted by Gasteiger charge is 2.25. The molecule has 0 aliphatic carbocycles. The zero-order valence-corrected chi connectivity index (χ0v) is 12.7. The van der Waals surface area contributed by atoms with Crippen LogP contribution in [0.5, 0.6) is 0 Å². The number of hydrogen-bond acceptors (Lipinski definition) is 1. The normalized spacial score (nSPS) is 41.2. The van der Waals surface area contributed by atoms with Crippen molar-refractivity contribution in [2.75, 3.05) is 37.2 Å². The maximum atomic E-state index is 2.52. The van der Waals surface area contributed by atoms with E-state index in [0.717, 1.165) is 11.3 Å². The van der Waals surface area contributed by atoms with Crippen molar-refractivity contribution < 1.29 is 0 Å². The molecule has 2 fully saturated rings. The summed E-state index contributed by atoms with van der Waals surface area (Å²) in [6.45, 7) is 5.05. The van der Waals surface area contributed by atoms with Crippen LogP contribution in [0.15, 0.2) is 0 Å². The lowest BCUT2D eigenvalue weighted by atomic mass is 10.3. The summed E-state index contributed by atoms with van der Waals surface area (Å²) in [5, 5.41) is 0. The van der Waals surface area contributed by atoms with Gasteiger partial charge in [0.2, 0.25) is 0 Å². The van der Waals surface area contributed by atoms with Gasteiger partial charge in [0.1, 0.15) is 0 Å². The van der Waals surface area contributed by atoms with Gasteiger partial charge in [-0.2, -0.15) is 11.8 Å². The van der Waals surface area contributed by atoms with Crippen molar-refractivity contribution in [2.45, 2.75) is 37.0 Å². The molecule has 0 aromatic rings. The summed E-state index contributed by atoms with van der Waals surface area (Å²) in [5.41, 5.74) is 2.24. The van der Waals surface area contributed by atoms with E-state index in [1.165, 1.54) is 24.3 Å². The number of hydrogen-bond donors (Lipinski definition) is 0. The second-order valence-electron chi connectivity index (χ2n) is 5.09. The second-order valence-corrected chi connectivity index (χ2v) is 11.5. The molecule has 2 heterocycles. The van der Waals surface area contributed by atoms with E-state index in [-0.39, 0.29) is 0 Å². The van der Waals surface area contributed by atoms with Crippen LogP contribution in [0.3, 0.4) is 0 Å². The van der Waals surface area contributed by atoms with E-state index in [4.69, 9.17) is 0 Å². The predicted octanol–water partition coefficient (Wildman–Crippen LogP) is 4.27. The third-order valence-corrected chi connectivity index (χ3v) is 11.2. The lowest BCUT2D eigenvalue weighted by molar-refractivity contribution is 0.832. The van der Waals surface area contributed by atoms with Gasteiger partial charge in [-0.15, -0.1) is 15.8 Å². The molecule has 0 radical (unpaired) electrons. The summed E-state index contributed by atoms with van der Waals surface area (Å²) in [5.74, 6) is 2.98. The predicted molar refractivity (Wildman–Crippen MR) is 78.8 cm³/mol. The Morgan fingerprint density at radius 3 is 1.73 bits per heavy atom. The minimum Gasteiger partial charge on any atom is -0.161 e. The van der Waals surface area contributed by atoms with Crippen LogP contribution in [0.2, 0.25) is 0 Å². The molecule has 3 heteroatoms. The molecule has 2 aliphatic rings. The summed E-state index contributed by atoms with van der Waals surface area (Å²) in [6.07, 6.45) is 9.26. The average Bonchev–Trinajstić information content (AvgIpc) is 2.78. The Kier molecular flexibility index (Phi) is 5.26. The molecule has 2 aliphatic heterocycles. The van der Waals surface area contributed by atoms with Crippen LogP contribution in [-0.4, -0.2) is 48.5 Å². The first kappa shape index (κ1) is 12.7. The van der Waals surface area contributed by atoms with Gasteiger partial charge in [0.25, 0.3) is 0 Å². The minimum absolute atomic E-state index is 0.421. The monoisotopic (exact) mass is 262 g/mol. The molecular formula is C12H24P2S. The van der Waals surface area contributed by atoms with Crippen molar-refractivity contribution in [2.24, 2.45) is 0 Å². The molecule has 0 aromatic carbocycles. The van der Waals surface area contributed by atoms with Crippen LogP contribution < -0.4 is 0 Å². The second kappa shape index (κ2) is 6.23. The summed E-state index contributed by atoms with van der Waals surface area (Å²) in [7, 11) is 0.842. The van der Waals surface area contributed by atoms with Crippen LogP contribution in [0.1, 0.15) is 25.7 Å². The molecular weight excluding hydrogens is 238 g/mol. The van der Waals surface area contributed by atoms with Gasteiger partial charge in [-0.25, -0.2) is 0 Å². The van der Waals surface area contributed by atoms with E-state index >= 15 is 0 Å². The van der Waals surface area contributed by atoms with Gasteiger partial charge >= 0.3 is 0 Å². The fourth-order valence-corrected chi connectivity index (χ4v) is 9.74. The average molecular weight is 262 g/mol. The minimum atomic E-state index is 0.421. The fourth-order valence-electron chi connectivity index (χ4n) is 2.72. The van der Waals surface area contributed by atoms with Crippen LogP contribution in [0.4, 0.5) is 0 Å². The summed E-state index contributed by atoms with van der Waals surface area (Å²) >= 11 is 2.29. The van der Waals surface area contributed by atoms with Crippen molar-refractivity contribution in [3.05, 3.63) is 0 Å². The molecule has 0 saturated carbocycles. The lowest BCUT2D eigenvalue weighted by Crippen LogP contribution is -2.08. The van der Waals surface area contributed by atoms with Gasteiger partial charge in [0.15, 0.2) is 0 Å². The van der Waals surface area contributed by atoms with Crippen LogP contribution in [0, 0.1) is 0 Å². The summed E-state index contributed by atoms with van der Waals surface area (Å²) < 4.78 is 0. The molecule has 0 N–H and O–H groups in total. The Balaban J connectivity index is 1.62. The SMILES string of the molecule is CP1CCC[C@@H]1CSC[C@H]1CCCP1C. The Bertz CT molecular complexity index is 178. The van der Waals surface area contributed by atoms with Crippen LogP contribution in [0.25, 0.3) is 0 Å². The largest absolute Gasteiger partial charge is 0.161 e. The smallest absolute Gasteiger partial charge is 0.0000442 e. The van der Waals surface area contributed by atoms with E-state index in [9.17, 15) is 0 Å². The topological polar surface area (TPSA) is 0 Å². The Morgan fingerprint density at radius 1 is 0.933 bits per heavy atom. The Hall–Kier alpha value is 1.21. The van der Waals surface area contributed by atoms with Crippen molar-refractivity contribution in [1.82, 2.24) is 0 Å². The first-order valence-electron chi connectivity index (χ1n) is 6.25. The Morgan fingerprint density at radius 2 is 1.40 bits per heavy atom. The maximum absolute atomic E-state index is 2.52. The van der Waals surface area contributed by atoms with Crippen molar-refractivity contribution in [3.8, 4) is 0 Å². The Labute approximate surface area is 102 Å². The molecule has 88 valence electrons. The molecule has 0 aromatic heterocycles. The molecule has 0 nitrogen and oxygen atoms in total. The first-order chi connectivity index (χ1) is 7.27. The van der Waals surface area contributed by atoms with E-state index < -0.39 is 0 Å². The van der Waals surface area contributed by atoms with Crippen molar-refractivity contribution in [3.63, 3.8) is 0 Å². The van der Waals surface area contributed by atoms with Crippen molar-refractivity contribution in [1.29, 1.82) is 0 Å². The maximum Gasteiger partial charge on any atom is 0.0000442 e. The zero-order chi connectivity index (χ0) is 10.7. The van der Waals surface area contributed by atoms with E-state index in [2.05, 4.69) is 25.1 Å². The highest BCUT2D eigenvalue weighted by Crippen LogP contribution is 2.50. The summed E-state index contributed by atoms with van der Waals surface area (Å²) in [4.78, 5) is 0. The van der Waals surface area contributed by atoms with Gasteiger partial charge in [-0.1, -0.05) is 0 Å². The fraction of sp³-hybridized carbons (Fsp3) is 1.00. The van der Waals surface area contributed by atoms with Crippen LogP contribution >= 0.6 is 27.6 Å².